The van der Waals surface area contributed by atoms with Gasteiger partial charge in [-0.25, -0.2) is 0 Å². The summed E-state index contributed by atoms with van der Waals surface area (Å²) >= 11 is 0. The second-order valence-corrected chi connectivity index (χ2v) is 5.03. The molecular weight excluding hydrogens is 252 g/mol. The minimum absolute atomic E-state index is 0.325. The van der Waals surface area contributed by atoms with Crippen LogP contribution in [-0.2, 0) is 0 Å². The summed E-state index contributed by atoms with van der Waals surface area (Å²) in [7, 11) is 0. The molecule has 5 heteroatoms. The Morgan fingerprint density at radius 3 is 3.05 bits per heavy atom. The molecule has 1 fully saturated rings. The van der Waals surface area contributed by atoms with E-state index in [2.05, 4.69) is 26.5 Å². The summed E-state index contributed by atoms with van der Waals surface area (Å²) in [6, 6.07) is 10.1. The second-order valence-electron chi connectivity index (χ2n) is 5.03. The van der Waals surface area contributed by atoms with Crippen molar-refractivity contribution >= 4 is 10.8 Å². The Balaban J connectivity index is 1.79. The molecule has 1 unspecified atom stereocenters. The van der Waals surface area contributed by atoms with E-state index in [-0.39, 0.29) is 0 Å². The maximum atomic E-state index is 5.41. The van der Waals surface area contributed by atoms with Gasteiger partial charge in [0.1, 0.15) is 5.69 Å². The van der Waals surface area contributed by atoms with Crippen molar-refractivity contribution < 1.29 is 4.52 Å². The molecular formula is C15H14N4O. The summed E-state index contributed by atoms with van der Waals surface area (Å²) in [5.74, 6) is 1.61. The predicted octanol–water partition coefficient (Wildman–Crippen LogP) is 2.36. The highest BCUT2D eigenvalue weighted by atomic mass is 16.5. The van der Waals surface area contributed by atoms with E-state index in [1.165, 1.54) is 0 Å². The zero-order valence-electron chi connectivity index (χ0n) is 10.9. The van der Waals surface area contributed by atoms with E-state index in [4.69, 9.17) is 4.52 Å². The van der Waals surface area contributed by atoms with Gasteiger partial charge in [0.25, 0.3) is 0 Å². The van der Waals surface area contributed by atoms with Crippen LogP contribution in [0.4, 0.5) is 0 Å². The number of benzene rings is 1. The maximum absolute atomic E-state index is 5.41. The Morgan fingerprint density at radius 1 is 1.20 bits per heavy atom. The van der Waals surface area contributed by atoms with Crippen LogP contribution < -0.4 is 5.32 Å². The fourth-order valence-corrected chi connectivity index (χ4v) is 2.66. The summed E-state index contributed by atoms with van der Waals surface area (Å²) < 4.78 is 5.41. The molecule has 3 heterocycles. The first-order valence-corrected chi connectivity index (χ1v) is 6.80. The van der Waals surface area contributed by atoms with Crippen LogP contribution in [0.5, 0.6) is 0 Å². The van der Waals surface area contributed by atoms with Gasteiger partial charge in [-0.2, -0.15) is 4.98 Å². The molecule has 1 N–H and O–H groups in total. The van der Waals surface area contributed by atoms with Crippen molar-refractivity contribution in [1.82, 2.24) is 20.4 Å². The van der Waals surface area contributed by atoms with Crippen molar-refractivity contribution in [3.05, 3.63) is 42.4 Å². The van der Waals surface area contributed by atoms with Gasteiger partial charge in [-0.3, -0.25) is 4.98 Å². The molecule has 5 nitrogen and oxygen atoms in total. The lowest BCUT2D eigenvalue weighted by Crippen LogP contribution is -2.08. The number of fused-ring (bicyclic) bond motifs is 1. The topological polar surface area (TPSA) is 63.8 Å². The molecule has 0 bridgehead atoms. The quantitative estimate of drug-likeness (QED) is 0.771. The van der Waals surface area contributed by atoms with Crippen molar-refractivity contribution in [2.24, 2.45) is 0 Å². The summed E-state index contributed by atoms with van der Waals surface area (Å²) in [5.41, 5.74) is 0.782. The van der Waals surface area contributed by atoms with Crippen LogP contribution in [-0.4, -0.2) is 28.2 Å². The molecule has 100 valence electrons. The van der Waals surface area contributed by atoms with Crippen LogP contribution in [0, 0.1) is 0 Å². The number of hydrogen-bond acceptors (Lipinski definition) is 5. The number of hydrogen-bond donors (Lipinski definition) is 1. The first-order valence-electron chi connectivity index (χ1n) is 6.80. The summed E-state index contributed by atoms with van der Waals surface area (Å²) in [5, 5.41) is 9.59. The first-order chi connectivity index (χ1) is 9.92. The van der Waals surface area contributed by atoms with Crippen LogP contribution in [0.25, 0.3) is 22.3 Å². The lowest BCUT2D eigenvalue weighted by Gasteiger charge is -2.01. The first kappa shape index (κ1) is 11.5. The molecule has 0 saturated carbocycles. The van der Waals surface area contributed by atoms with Crippen molar-refractivity contribution in [1.29, 1.82) is 0 Å². The maximum Gasteiger partial charge on any atom is 0.231 e. The van der Waals surface area contributed by atoms with Crippen molar-refractivity contribution in [2.75, 3.05) is 13.1 Å². The molecule has 0 amide bonds. The van der Waals surface area contributed by atoms with E-state index < -0.39 is 0 Å². The number of nitrogens with zero attached hydrogens (tertiary/aromatic N) is 3. The van der Waals surface area contributed by atoms with Crippen LogP contribution >= 0.6 is 0 Å². The lowest BCUT2D eigenvalue weighted by atomic mass is 10.1. The fraction of sp³-hybridized carbons (Fsp3) is 0.267. The molecule has 0 spiro atoms. The molecule has 1 saturated heterocycles. The Labute approximate surface area is 116 Å². The van der Waals surface area contributed by atoms with Crippen LogP contribution in [0.1, 0.15) is 18.2 Å². The third-order valence-corrected chi connectivity index (χ3v) is 3.74. The van der Waals surface area contributed by atoms with Crippen LogP contribution in [0.2, 0.25) is 0 Å². The van der Waals surface area contributed by atoms with Crippen molar-refractivity contribution in [3.63, 3.8) is 0 Å². The average Bonchev–Trinajstić information content (AvgIpc) is 3.17. The SMILES string of the molecule is c1ccc2c(-c3noc(C4CCNC4)n3)nccc2c1. The molecule has 1 atom stereocenters. The minimum atomic E-state index is 0.325. The number of rotatable bonds is 2. The molecule has 1 aromatic carbocycles. The summed E-state index contributed by atoms with van der Waals surface area (Å²) in [6.45, 7) is 1.92. The van der Waals surface area contributed by atoms with E-state index in [1.807, 2.05) is 24.3 Å². The fourth-order valence-electron chi connectivity index (χ4n) is 2.66. The van der Waals surface area contributed by atoms with Gasteiger partial charge in [-0.1, -0.05) is 29.4 Å². The highest BCUT2D eigenvalue weighted by Gasteiger charge is 2.23. The van der Waals surface area contributed by atoms with Crippen LogP contribution in [0.15, 0.2) is 41.1 Å². The third kappa shape index (κ3) is 1.87. The Bertz CT molecular complexity index is 741. The van der Waals surface area contributed by atoms with Gasteiger partial charge in [0.05, 0.1) is 5.92 Å². The van der Waals surface area contributed by atoms with Gasteiger partial charge < -0.3 is 9.84 Å². The van der Waals surface area contributed by atoms with E-state index in [0.717, 1.165) is 36.0 Å². The Morgan fingerprint density at radius 2 is 2.15 bits per heavy atom. The van der Waals surface area contributed by atoms with Gasteiger partial charge in [0.15, 0.2) is 0 Å². The Kier molecular flexibility index (Phi) is 2.70. The van der Waals surface area contributed by atoms with Gasteiger partial charge >= 0.3 is 0 Å². The van der Waals surface area contributed by atoms with E-state index in [0.29, 0.717) is 17.6 Å². The van der Waals surface area contributed by atoms with Gasteiger partial charge in [-0.05, 0) is 24.4 Å². The minimum Gasteiger partial charge on any atom is -0.339 e. The highest BCUT2D eigenvalue weighted by molar-refractivity contribution is 5.92. The van der Waals surface area contributed by atoms with Crippen LogP contribution in [0.3, 0.4) is 0 Å². The molecule has 0 aliphatic carbocycles. The highest BCUT2D eigenvalue weighted by Crippen LogP contribution is 2.27. The molecule has 4 rings (SSSR count). The molecule has 20 heavy (non-hydrogen) atoms. The van der Waals surface area contributed by atoms with Gasteiger partial charge in [0.2, 0.25) is 11.7 Å². The zero-order valence-corrected chi connectivity index (χ0v) is 10.9. The van der Waals surface area contributed by atoms with E-state index in [9.17, 15) is 0 Å². The predicted molar refractivity (Wildman–Crippen MR) is 75.3 cm³/mol. The van der Waals surface area contributed by atoms with Gasteiger partial charge in [-0.15, -0.1) is 0 Å². The smallest absolute Gasteiger partial charge is 0.231 e. The molecule has 3 aromatic rings. The van der Waals surface area contributed by atoms with E-state index in [1.54, 1.807) is 6.20 Å². The van der Waals surface area contributed by atoms with Gasteiger partial charge in [0, 0.05) is 18.1 Å². The monoisotopic (exact) mass is 266 g/mol. The third-order valence-electron chi connectivity index (χ3n) is 3.74. The largest absolute Gasteiger partial charge is 0.339 e. The zero-order chi connectivity index (χ0) is 13.4. The number of nitrogens with one attached hydrogen (secondary N) is 1. The lowest BCUT2D eigenvalue weighted by molar-refractivity contribution is 0.359. The number of pyridine rings is 1. The van der Waals surface area contributed by atoms with Crippen molar-refractivity contribution in [2.45, 2.75) is 12.3 Å². The van der Waals surface area contributed by atoms with E-state index >= 15 is 0 Å². The summed E-state index contributed by atoms with van der Waals surface area (Å²) in [6.07, 6.45) is 2.83. The summed E-state index contributed by atoms with van der Waals surface area (Å²) in [4.78, 5) is 8.95. The molecule has 1 aliphatic heterocycles. The second kappa shape index (κ2) is 4.68. The molecule has 0 radical (unpaired) electrons. The Hall–Kier alpha value is -2.27. The average molecular weight is 266 g/mol. The number of aromatic nitrogens is 3. The normalized spacial score (nSPS) is 18.7. The molecule has 2 aromatic heterocycles. The standard InChI is InChI=1S/C15H14N4O/c1-2-4-12-10(3-1)6-8-17-13(12)14-18-15(20-19-14)11-5-7-16-9-11/h1-4,6,8,11,16H,5,7,9H2. The molecule has 1 aliphatic rings. The van der Waals surface area contributed by atoms with Crippen molar-refractivity contribution in [3.8, 4) is 11.5 Å².